The third kappa shape index (κ3) is 5.56. The summed E-state index contributed by atoms with van der Waals surface area (Å²) >= 11 is 1.51. The van der Waals surface area contributed by atoms with Gasteiger partial charge in [-0.15, -0.1) is 0 Å². The molecule has 6 nitrogen and oxygen atoms in total. The summed E-state index contributed by atoms with van der Waals surface area (Å²) in [4.78, 5) is 19.2. The molecule has 158 valence electrons. The molecule has 1 fully saturated rings. The lowest BCUT2D eigenvalue weighted by Gasteiger charge is -2.26. The van der Waals surface area contributed by atoms with E-state index in [1.807, 2.05) is 30.3 Å². The average molecular weight is 426 g/mol. The van der Waals surface area contributed by atoms with Crippen LogP contribution in [-0.4, -0.2) is 48.7 Å². The Morgan fingerprint density at radius 2 is 1.93 bits per heavy atom. The van der Waals surface area contributed by atoms with Crippen molar-refractivity contribution in [1.82, 2.24) is 9.88 Å². The number of anilines is 1. The highest BCUT2D eigenvalue weighted by molar-refractivity contribution is 7.22. The molecule has 1 aromatic heterocycles. The van der Waals surface area contributed by atoms with E-state index in [0.717, 1.165) is 55.2 Å². The fraction of sp³-hybridized carbons (Fsp3) is 0.391. The van der Waals surface area contributed by atoms with E-state index < -0.39 is 0 Å². The third-order valence-electron chi connectivity index (χ3n) is 5.14. The third-order valence-corrected chi connectivity index (χ3v) is 6.07. The molecular weight excluding hydrogens is 398 g/mol. The fourth-order valence-corrected chi connectivity index (χ4v) is 4.35. The minimum absolute atomic E-state index is 0.0900. The Hall–Kier alpha value is -2.48. The first-order valence-electron chi connectivity index (χ1n) is 10.4. The van der Waals surface area contributed by atoms with Crippen LogP contribution in [0.5, 0.6) is 5.75 Å². The van der Waals surface area contributed by atoms with Crippen LogP contribution >= 0.6 is 11.3 Å². The number of aromatic nitrogens is 1. The van der Waals surface area contributed by atoms with Gasteiger partial charge in [0.05, 0.1) is 36.5 Å². The van der Waals surface area contributed by atoms with Crippen molar-refractivity contribution in [2.24, 2.45) is 0 Å². The predicted molar refractivity (Wildman–Crippen MR) is 120 cm³/mol. The van der Waals surface area contributed by atoms with Crippen molar-refractivity contribution in [3.8, 4) is 5.75 Å². The molecule has 3 aromatic rings. The number of fused-ring (bicyclic) bond motifs is 1. The molecule has 1 aliphatic rings. The monoisotopic (exact) mass is 425 g/mol. The number of rotatable bonds is 8. The Balaban J connectivity index is 1.28. The number of carbonyl (C=O) groups excluding carboxylic acids is 1. The van der Waals surface area contributed by atoms with E-state index >= 15 is 0 Å². The van der Waals surface area contributed by atoms with E-state index in [0.29, 0.717) is 11.7 Å². The van der Waals surface area contributed by atoms with Crippen molar-refractivity contribution < 1.29 is 14.3 Å². The van der Waals surface area contributed by atoms with Gasteiger partial charge in [0.1, 0.15) is 5.75 Å². The second-order valence-corrected chi connectivity index (χ2v) is 8.38. The van der Waals surface area contributed by atoms with E-state index in [4.69, 9.17) is 9.47 Å². The highest BCUT2D eigenvalue weighted by Crippen LogP contribution is 2.27. The van der Waals surface area contributed by atoms with Gasteiger partial charge in [0.15, 0.2) is 5.13 Å². The minimum Gasteiger partial charge on any atom is -0.493 e. The van der Waals surface area contributed by atoms with Gasteiger partial charge in [-0.3, -0.25) is 9.69 Å². The fourth-order valence-electron chi connectivity index (χ4n) is 3.40. The number of hydrogen-bond acceptors (Lipinski definition) is 6. The molecule has 0 radical (unpaired) electrons. The highest BCUT2D eigenvalue weighted by atomic mass is 32.1. The Kier molecular flexibility index (Phi) is 6.94. The van der Waals surface area contributed by atoms with Crippen molar-refractivity contribution in [2.75, 3.05) is 38.2 Å². The zero-order valence-electron chi connectivity index (χ0n) is 17.2. The molecule has 1 amide bonds. The predicted octanol–water partition coefficient (Wildman–Crippen LogP) is 4.10. The van der Waals surface area contributed by atoms with Gasteiger partial charge < -0.3 is 14.8 Å². The summed E-state index contributed by atoms with van der Waals surface area (Å²) in [6.07, 6.45) is 1.29. The Bertz CT molecular complexity index is 981. The second kappa shape index (κ2) is 10.0. The maximum absolute atomic E-state index is 12.3. The maximum Gasteiger partial charge on any atom is 0.229 e. The molecule has 0 aliphatic carbocycles. The van der Waals surface area contributed by atoms with Gasteiger partial charge in [0, 0.05) is 19.6 Å². The molecule has 7 heteroatoms. The zero-order valence-corrected chi connectivity index (χ0v) is 18.0. The summed E-state index contributed by atoms with van der Waals surface area (Å²) < 4.78 is 12.2. The summed E-state index contributed by atoms with van der Waals surface area (Å²) in [5.41, 5.74) is 3.44. The first-order chi connectivity index (χ1) is 14.7. The van der Waals surface area contributed by atoms with Gasteiger partial charge in [-0.25, -0.2) is 4.98 Å². The van der Waals surface area contributed by atoms with Crippen molar-refractivity contribution in [2.45, 2.75) is 26.3 Å². The number of aryl methyl sites for hydroxylation is 1. The van der Waals surface area contributed by atoms with Crippen molar-refractivity contribution in [1.29, 1.82) is 0 Å². The average Bonchev–Trinajstić information content (AvgIpc) is 3.16. The summed E-state index contributed by atoms with van der Waals surface area (Å²) in [6.45, 7) is 6.90. The van der Waals surface area contributed by atoms with Crippen LogP contribution in [0.2, 0.25) is 0 Å². The lowest BCUT2D eigenvalue weighted by Crippen LogP contribution is -2.35. The van der Waals surface area contributed by atoms with Gasteiger partial charge >= 0.3 is 0 Å². The standard InChI is InChI=1S/C23H27N3O3S/c1-2-17-3-6-19(7-4-17)29-12-9-22(27)25-23-24-20-8-5-18(15-21(20)30-23)16-26-10-13-28-14-11-26/h3-8,15H,2,9-14,16H2,1H3,(H,24,25,27). The number of carbonyl (C=O) groups is 1. The van der Waals surface area contributed by atoms with Crippen LogP contribution in [0.15, 0.2) is 42.5 Å². The molecule has 0 spiro atoms. The lowest BCUT2D eigenvalue weighted by molar-refractivity contribution is -0.116. The zero-order chi connectivity index (χ0) is 20.8. The molecule has 30 heavy (non-hydrogen) atoms. The van der Waals surface area contributed by atoms with Crippen molar-refractivity contribution >= 4 is 32.6 Å². The Morgan fingerprint density at radius 1 is 1.17 bits per heavy atom. The topological polar surface area (TPSA) is 63.7 Å². The smallest absolute Gasteiger partial charge is 0.229 e. The normalized spacial score (nSPS) is 14.7. The van der Waals surface area contributed by atoms with Gasteiger partial charge in [0.2, 0.25) is 5.91 Å². The summed E-state index contributed by atoms with van der Waals surface area (Å²) in [5.74, 6) is 0.695. The molecule has 1 N–H and O–H groups in total. The number of hydrogen-bond donors (Lipinski definition) is 1. The van der Waals surface area contributed by atoms with E-state index in [1.54, 1.807) is 0 Å². The summed E-state index contributed by atoms with van der Waals surface area (Å²) in [7, 11) is 0. The van der Waals surface area contributed by atoms with Crippen LogP contribution in [0.3, 0.4) is 0 Å². The Morgan fingerprint density at radius 3 is 2.70 bits per heavy atom. The molecule has 0 atom stereocenters. The van der Waals surface area contributed by atoms with E-state index in [-0.39, 0.29) is 12.3 Å². The number of nitrogens with zero attached hydrogens (tertiary/aromatic N) is 2. The minimum atomic E-state index is -0.0900. The molecule has 0 bridgehead atoms. The van der Waals surface area contributed by atoms with Gasteiger partial charge in [0.25, 0.3) is 0 Å². The molecule has 1 aliphatic heterocycles. The first kappa shape index (κ1) is 20.8. The molecule has 0 saturated carbocycles. The number of nitrogens with one attached hydrogen (secondary N) is 1. The first-order valence-corrected chi connectivity index (χ1v) is 11.2. The molecule has 4 rings (SSSR count). The highest BCUT2D eigenvalue weighted by Gasteiger charge is 2.13. The van der Waals surface area contributed by atoms with Crippen LogP contribution in [0.4, 0.5) is 5.13 Å². The van der Waals surface area contributed by atoms with Gasteiger partial charge in [-0.1, -0.05) is 36.5 Å². The number of amides is 1. The molecule has 1 saturated heterocycles. The quantitative estimate of drug-likeness (QED) is 0.589. The molecule has 0 unspecified atom stereocenters. The van der Waals surface area contributed by atoms with Crippen LogP contribution < -0.4 is 10.1 Å². The molecule has 2 heterocycles. The lowest BCUT2D eigenvalue weighted by atomic mass is 10.2. The van der Waals surface area contributed by atoms with E-state index in [1.165, 1.54) is 22.5 Å². The number of morpholine rings is 1. The largest absolute Gasteiger partial charge is 0.493 e. The van der Waals surface area contributed by atoms with Gasteiger partial charge in [-0.05, 0) is 41.8 Å². The van der Waals surface area contributed by atoms with Crippen LogP contribution in [-0.2, 0) is 22.5 Å². The van der Waals surface area contributed by atoms with Gasteiger partial charge in [-0.2, -0.15) is 0 Å². The Labute approximate surface area is 180 Å². The van der Waals surface area contributed by atoms with Crippen molar-refractivity contribution in [3.63, 3.8) is 0 Å². The van der Waals surface area contributed by atoms with Crippen LogP contribution in [0, 0.1) is 0 Å². The number of thiazole rings is 1. The van der Waals surface area contributed by atoms with Crippen molar-refractivity contribution in [3.05, 3.63) is 53.6 Å². The van der Waals surface area contributed by atoms with E-state index in [9.17, 15) is 4.79 Å². The maximum atomic E-state index is 12.3. The second-order valence-electron chi connectivity index (χ2n) is 7.35. The summed E-state index contributed by atoms with van der Waals surface area (Å²) in [6, 6.07) is 14.3. The molecular formula is C23H27N3O3S. The van der Waals surface area contributed by atoms with E-state index in [2.05, 4.69) is 34.3 Å². The molecule has 2 aromatic carbocycles. The summed E-state index contributed by atoms with van der Waals surface area (Å²) in [5, 5.41) is 3.53. The number of benzene rings is 2. The van der Waals surface area contributed by atoms with Crippen LogP contribution in [0.25, 0.3) is 10.2 Å². The number of ether oxygens (including phenoxy) is 2. The SMILES string of the molecule is CCc1ccc(OCCC(=O)Nc2nc3ccc(CN4CCOCC4)cc3s2)cc1. The van der Waals surface area contributed by atoms with Crippen LogP contribution in [0.1, 0.15) is 24.5 Å².